The number of benzene rings is 1. The molecule has 0 bridgehead atoms. The number of hydrogen-bond donors (Lipinski definition) is 3. The van der Waals surface area contributed by atoms with E-state index in [1.54, 1.807) is 7.11 Å². The first-order valence-electron chi connectivity index (χ1n) is 13.5. The summed E-state index contributed by atoms with van der Waals surface area (Å²) in [7, 11) is 0.225. The van der Waals surface area contributed by atoms with Gasteiger partial charge in [-0.3, -0.25) is 4.79 Å². The first-order valence-corrected chi connectivity index (χ1v) is 17.8. The van der Waals surface area contributed by atoms with Gasteiger partial charge in [0, 0.05) is 49.4 Å². The van der Waals surface area contributed by atoms with Crippen LogP contribution < -0.4 is 10.2 Å². The summed E-state index contributed by atoms with van der Waals surface area (Å²) in [5.41, 5.74) is 6.00. The predicted octanol–water partition coefficient (Wildman–Crippen LogP) is 3.79. The Labute approximate surface area is 220 Å². The maximum Gasteiger partial charge on any atom is 0.225 e. The number of unbranched alkanes of at least 4 members (excludes halogenated alkanes) is 1. The number of likely N-dealkylation sites (tertiary alicyclic amines) is 1. The minimum Gasteiger partial charge on any atom is -0.391 e. The molecule has 1 aliphatic heterocycles. The minimum atomic E-state index is -1.49. The van der Waals surface area contributed by atoms with Gasteiger partial charge in [-0.2, -0.15) is 0 Å². The largest absolute Gasteiger partial charge is 0.391 e. The summed E-state index contributed by atoms with van der Waals surface area (Å²) in [6, 6.07) is 8.36. The van der Waals surface area contributed by atoms with E-state index in [0.29, 0.717) is 39.0 Å². The third kappa shape index (κ3) is 5.74. The fourth-order valence-corrected chi connectivity index (χ4v) is 9.05. The first kappa shape index (κ1) is 27.7. The van der Waals surface area contributed by atoms with Gasteiger partial charge in [-0.15, -0.1) is 11.3 Å². The number of nitrogens with two attached hydrogens (primary N) is 1. The molecule has 200 valence electrons. The van der Waals surface area contributed by atoms with Gasteiger partial charge in [0.05, 0.1) is 19.8 Å². The van der Waals surface area contributed by atoms with E-state index in [1.165, 1.54) is 14.6 Å². The van der Waals surface area contributed by atoms with E-state index in [4.69, 9.17) is 10.5 Å². The highest BCUT2D eigenvalue weighted by molar-refractivity contribution is 7.31. The van der Waals surface area contributed by atoms with Crippen LogP contribution in [0.15, 0.2) is 24.3 Å². The summed E-state index contributed by atoms with van der Waals surface area (Å²) >= 11 is 1.87. The zero-order valence-corrected chi connectivity index (χ0v) is 24.2. The number of amides is 1. The Kier molecular flexibility index (Phi) is 8.64. The molecule has 0 spiro atoms. The fourth-order valence-electron chi connectivity index (χ4n) is 6.08. The van der Waals surface area contributed by atoms with E-state index >= 15 is 0 Å². The van der Waals surface area contributed by atoms with Crippen molar-refractivity contribution in [1.29, 1.82) is 0 Å². The van der Waals surface area contributed by atoms with Gasteiger partial charge in [0.15, 0.2) is 0 Å². The molecule has 1 amide bonds. The summed E-state index contributed by atoms with van der Waals surface area (Å²) < 4.78 is 7.96. The molecule has 1 saturated heterocycles. The number of rotatable bonds is 9. The molecule has 36 heavy (non-hydrogen) atoms. The number of ether oxygens (including phenoxy) is 1. The Morgan fingerprint density at radius 2 is 2.06 bits per heavy atom. The summed E-state index contributed by atoms with van der Waals surface area (Å²) in [6.45, 7) is 9.03. The molecule has 1 aromatic heterocycles. The number of piperidine rings is 1. The van der Waals surface area contributed by atoms with Crippen molar-refractivity contribution in [2.24, 2.45) is 17.6 Å². The molecule has 2 aromatic rings. The Bertz CT molecular complexity index is 1040. The van der Waals surface area contributed by atoms with E-state index in [0.717, 1.165) is 31.2 Å². The third-order valence-electron chi connectivity index (χ3n) is 8.26. The van der Waals surface area contributed by atoms with Crippen LogP contribution in [-0.4, -0.2) is 68.0 Å². The zero-order valence-electron chi connectivity index (χ0n) is 22.3. The molecule has 1 aliphatic carbocycles. The molecule has 4 rings (SSSR count). The topological polar surface area (TPSA) is 96.0 Å². The van der Waals surface area contributed by atoms with Crippen LogP contribution in [0.5, 0.6) is 0 Å². The maximum atomic E-state index is 13.4. The fraction of sp³-hybridized carbons (Fsp3) is 0.679. The SMILES string of the molecule is COCCCC[C@@](O)(c1cccc2sc([Si](C)(C)C)cc12)C1CCCN(C(=O)[C@H]2C[C@@H](N)[C@@H](O)C2)C1. The summed E-state index contributed by atoms with van der Waals surface area (Å²) in [6.07, 6.45) is 4.54. The minimum absolute atomic E-state index is 0.0430. The number of nitrogens with zero attached hydrogens (tertiary/aromatic N) is 1. The van der Waals surface area contributed by atoms with E-state index in [9.17, 15) is 15.0 Å². The van der Waals surface area contributed by atoms with Crippen molar-refractivity contribution in [3.63, 3.8) is 0 Å². The number of thiophene rings is 1. The van der Waals surface area contributed by atoms with Crippen LogP contribution in [0.2, 0.25) is 19.6 Å². The van der Waals surface area contributed by atoms with Crippen LogP contribution in [0.3, 0.4) is 0 Å². The Morgan fingerprint density at radius 3 is 2.72 bits per heavy atom. The highest BCUT2D eigenvalue weighted by atomic mass is 32.1. The summed E-state index contributed by atoms with van der Waals surface area (Å²) in [5.74, 6) is -0.176. The van der Waals surface area contributed by atoms with Gasteiger partial charge in [-0.05, 0) is 72.5 Å². The molecular formula is C28H44N2O4SSi. The number of methoxy groups -OCH3 is 1. The number of aliphatic hydroxyl groups is 2. The van der Waals surface area contributed by atoms with Gasteiger partial charge in [0.1, 0.15) is 0 Å². The van der Waals surface area contributed by atoms with Crippen molar-refractivity contribution in [3.8, 4) is 0 Å². The van der Waals surface area contributed by atoms with Crippen LogP contribution in [0.1, 0.15) is 50.5 Å². The van der Waals surface area contributed by atoms with Crippen molar-refractivity contribution in [2.75, 3.05) is 26.8 Å². The van der Waals surface area contributed by atoms with Gasteiger partial charge in [-0.1, -0.05) is 31.8 Å². The van der Waals surface area contributed by atoms with Crippen LogP contribution in [0, 0.1) is 11.8 Å². The normalized spacial score (nSPS) is 26.9. The Morgan fingerprint density at radius 1 is 1.28 bits per heavy atom. The van der Waals surface area contributed by atoms with Crippen LogP contribution >= 0.6 is 11.3 Å². The van der Waals surface area contributed by atoms with Crippen molar-refractivity contribution < 1.29 is 19.7 Å². The standard InChI is InChI=1S/C28H44N2O4SSi/c1-34-14-6-5-12-28(33,22-10-7-11-25-21(22)17-26(35-25)36(2,3)4)20-9-8-13-30(18-20)27(32)19-15-23(29)24(31)16-19/h7,10-11,17,19-20,23-24,31,33H,5-6,8-9,12-16,18,29H2,1-4H3/t19-,20?,23+,24-,28-/m0/s1. The van der Waals surface area contributed by atoms with Gasteiger partial charge in [-0.25, -0.2) is 0 Å². The van der Waals surface area contributed by atoms with E-state index in [2.05, 4.69) is 43.9 Å². The Hall–Kier alpha value is -1.29. The molecule has 0 radical (unpaired) electrons. The van der Waals surface area contributed by atoms with Crippen molar-refractivity contribution in [1.82, 2.24) is 4.90 Å². The lowest BCUT2D eigenvalue weighted by Gasteiger charge is -2.43. The van der Waals surface area contributed by atoms with E-state index in [1.807, 2.05) is 16.2 Å². The molecular weight excluding hydrogens is 488 g/mol. The molecule has 2 fully saturated rings. The number of hydrogen-bond acceptors (Lipinski definition) is 6. The lowest BCUT2D eigenvalue weighted by atomic mass is 9.73. The maximum absolute atomic E-state index is 13.4. The summed E-state index contributed by atoms with van der Waals surface area (Å²) in [4.78, 5) is 15.3. The molecule has 2 heterocycles. The predicted molar refractivity (Wildman–Crippen MR) is 150 cm³/mol. The second-order valence-corrected chi connectivity index (χ2v) is 18.5. The molecule has 1 saturated carbocycles. The lowest BCUT2D eigenvalue weighted by molar-refractivity contribution is -0.141. The first-order chi connectivity index (χ1) is 17.0. The average Bonchev–Trinajstić information content (AvgIpc) is 3.44. The smallest absolute Gasteiger partial charge is 0.225 e. The highest BCUT2D eigenvalue weighted by Crippen LogP contribution is 2.43. The van der Waals surface area contributed by atoms with Crippen LogP contribution in [0.4, 0.5) is 0 Å². The molecule has 8 heteroatoms. The molecule has 4 N–H and O–H groups in total. The van der Waals surface area contributed by atoms with Crippen molar-refractivity contribution >= 4 is 39.9 Å². The molecule has 1 aromatic carbocycles. The molecule has 6 nitrogen and oxygen atoms in total. The second kappa shape index (κ2) is 11.2. The lowest BCUT2D eigenvalue weighted by Crippen LogP contribution is -2.49. The number of carbonyl (C=O) groups is 1. The zero-order chi connectivity index (χ0) is 26.1. The van der Waals surface area contributed by atoms with E-state index in [-0.39, 0.29) is 23.8 Å². The van der Waals surface area contributed by atoms with Crippen molar-refractivity contribution in [2.45, 2.75) is 82.3 Å². The Balaban J connectivity index is 1.65. The van der Waals surface area contributed by atoms with Gasteiger partial charge < -0.3 is 25.6 Å². The summed E-state index contributed by atoms with van der Waals surface area (Å²) in [5, 5.41) is 23.8. The monoisotopic (exact) mass is 532 g/mol. The number of fused-ring (bicyclic) bond motifs is 1. The molecule has 5 atom stereocenters. The number of aliphatic hydroxyl groups excluding tert-OH is 1. The third-order valence-corrected chi connectivity index (χ3v) is 12.9. The second-order valence-electron chi connectivity index (χ2n) is 12.0. The van der Waals surface area contributed by atoms with Gasteiger partial charge >= 0.3 is 0 Å². The highest BCUT2D eigenvalue weighted by Gasteiger charge is 2.44. The molecule has 1 unspecified atom stereocenters. The number of carbonyl (C=O) groups excluding carboxylic acids is 1. The van der Waals surface area contributed by atoms with Crippen LogP contribution in [0.25, 0.3) is 10.1 Å². The van der Waals surface area contributed by atoms with Crippen molar-refractivity contribution in [3.05, 3.63) is 29.8 Å². The van der Waals surface area contributed by atoms with Crippen LogP contribution in [-0.2, 0) is 15.1 Å². The van der Waals surface area contributed by atoms with Gasteiger partial charge in [0.2, 0.25) is 5.91 Å². The molecule has 2 aliphatic rings. The quantitative estimate of drug-likeness (QED) is 0.337. The van der Waals surface area contributed by atoms with Gasteiger partial charge in [0.25, 0.3) is 0 Å². The average molecular weight is 533 g/mol. The van der Waals surface area contributed by atoms with E-state index < -0.39 is 19.8 Å².